The molecule has 1 atom stereocenters. The Hall–Kier alpha value is -1.32. The monoisotopic (exact) mass is 221 g/mol. The molecule has 1 aliphatic heterocycles. The van der Waals surface area contributed by atoms with Gasteiger partial charge in [0.25, 0.3) is 0 Å². The summed E-state index contributed by atoms with van der Waals surface area (Å²) >= 11 is 0. The van der Waals surface area contributed by atoms with Crippen LogP contribution >= 0.6 is 0 Å². The van der Waals surface area contributed by atoms with Crippen LogP contribution in [0.2, 0.25) is 0 Å². The van der Waals surface area contributed by atoms with Crippen molar-refractivity contribution in [2.75, 3.05) is 0 Å². The summed E-state index contributed by atoms with van der Waals surface area (Å²) in [6.07, 6.45) is 6.47. The van der Waals surface area contributed by atoms with Gasteiger partial charge < -0.3 is 5.32 Å². The van der Waals surface area contributed by atoms with Crippen LogP contribution < -0.4 is 5.32 Å². The zero-order valence-electron chi connectivity index (χ0n) is 10.2. The van der Waals surface area contributed by atoms with Crippen molar-refractivity contribution in [1.82, 2.24) is 15.1 Å². The van der Waals surface area contributed by atoms with E-state index in [2.05, 4.69) is 37.4 Å². The molecule has 0 unspecified atom stereocenters. The minimum atomic E-state index is 0.0250. The molecular formula is C12H19N3O. The van der Waals surface area contributed by atoms with E-state index in [-0.39, 0.29) is 11.4 Å². The maximum Gasteiger partial charge on any atom is 0.220 e. The first-order chi connectivity index (χ1) is 7.45. The standard InChI is InChI=1S/C12H19N3O/c1-12(2,3)15-8-9(7-13-15)6-10-4-5-11(16)14-10/h7-8,10H,4-6H2,1-3H3,(H,14,16)/t10-/m1/s1. The number of rotatable bonds is 2. The number of hydrogen-bond donors (Lipinski definition) is 1. The Balaban J connectivity index is 2.00. The van der Waals surface area contributed by atoms with Crippen LogP contribution in [0.5, 0.6) is 0 Å². The molecule has 1 aromatic heterocycles. The Morgan fingerprint density at radius 1 is 1.56 bits per heavy atom. The van der Waals surface area contributed by atoms with Gasteiger partial charge in [0.2, 0.25) is 5.91 Å². The summed E-state index contributed by atoms with van der Waals surface area (Å²) in [5.74, 6) is 0.174. The van der Waals surface area contributed by atoms with E-state index in [1.807, 2.05) is 10.9 Å². The fraction of sp³-hybridized carbons (Fsp3) is 0.667. The third-order valence-corrected chi connectivity index (χ3v) is 2.89. The first kappa shape index (κ1) is 11.2. The van der Waals surface area contributed by atoms with E-state index in [1.54, 1.807) is 0 Å². The van der Waals surface area contributed by atoms with Crippen molar-refractivity contribution in [3.8, 4) is 0 Å². The SMILES string of the molecule is CC(C)(C)n1cc(C[C@H]2CCC(=O)N2)cn1. The number of amides is 1. The number of aromatic nitrogens is 2. The van der Waals surface area contributed by atoms with Crippen LogP contribution in [0.4, 0.5) is 0 Å². The van der Waals surface area contributed by atoms with Crippen LogP contribution in [0.25, 0.3) is 0 Å². The van der Waals surface area contributed by atoms with E-state index in [9.17, 15) is 4.79 Å². The van der Waals surface area contributed by atoms with Gasteiger partial charge in [0.05, 0.1) is 11.7 Å². The smallest absolute Gasteiger partial charge is 0.220 e. The Bertz CT molecular complexity index is 389. The van der Waals surface area contributed by atoms with Crippen molar-refractivity contribution in [2.45, 2.75) is 51.6 Å². The molecule has 2 rings (SSSR count). The largest absolute Gasteiger partial charge is 0.353 e. The predicted molar refractivity (Wildman–Crippen MR) is 62.1 cm³/mol. The van der Waals surface area contributed by atoms with Crippen molar-refractivity contribution < 1.29 is 4.79 Å². The minimum absolute atomic E-state index is 0.0250. The number of nitrogens with zero attached hydrogens (tertiary/aromatic N) is 2. The van der Waals surface area contributed by atoms with Gasteiger partial charge in [-0.25, -0.2) is 0 Å². The normalized spacial score (nSPS) is 21.2. The molecule has 2 heterocycles. The summed E-state index contributed by atoms with van der Waals surface area (Å²) in [5.41, 5.74) is 1.22. The average Bonchev–Trinajstić information content (AvgIpc) is 2.74. The second-order valence-electron chi connectivity index (χ2n) is 5.47. The molecule has 0 bridgehead atoms. The van der Waals surface area contributed by atoms with E-state index in [4.69, 9.17) is 0 Å². The molecule has 0 radical (unpaired) electrons. The lowest BCUT2D eigenvalue weighted by molar-refractivity contribution is -0.119. The number of hydrogen-bond acceptors (Lipinski definition) is 2. The zero-order valence-corrected chi connectivity index (χ0v) is 10.2. The van der Waals surface area contributed by atoms with Crippen LogP contribution in [0, 0.1) is 0 Å². The van der Waals surface area contributed by atoms with E-state index in [0.29, 0.717) is 12.5 Å². The van der Waals surface area contributed by atoms with E-state index in [1.165, 1.54) is 5.56 Å². The fourth-order valence-electron chi connectivity index (χ4n) is 1.95. The van der Waals surface area contributed by atoms with Gasteiger partial charge in [-0.2, -0.15) is 5.10 Å². The third-order valence-electron chi connectivity index (χ3n) is 2.89. The minimum Gasteiger partial charge on any atom is -0.353 e. The van der Waals surface area contributed by atoms with Crippen molar-refractivity contribution in [1.29, 1.82) is 0 Å². The van der Waals surface area contributed by atoms with Gasteiger partial charge in [0.15, 0.2) is 0 Å². The lowest BCUT2D eigenvalue weighted by Crippen LogP contribution is -2.27. The molecule has 1 amide bonds. The maximum atomic E-state index is 11.1. The lowest BCUT2D eigenvalue weighted by atomic mass is 10.1. The van der Waals surface area contributed by atoms with Crippen LogP contribution in [-0.4, -0.2) is 21.7 Å². The Labute approximate surface area is 96.0 Å². The lowest BCUT2D eigenvalue weighted by Gasteiger charge is -2.18. The van der Waals surface area contributed by atoms with Crippen molar-refractivity contribution >= 4 is 5.91 Å². The molecule has 0 aliphatic carbocycles. The molecule has 1 fully saturated rings. The molecule has 1 aromatic rings. The highest BCUT2D eigenvalue weighted by atomic mass is 16.1. The highest BCUT2D eigenvalue weighted by molar-refractivity contribution is 5.78. The summed E-state index contributed by atoms with van der Waals surface area (Å²) in [5, 5.41) is 7.33. The van der Waals surface area contributed by atoms with Crippen LogP contribution in [-0.2, 0) is 16.8 Å². The van der Waals surface area contributed by atoms with Gasteiger partial charge in [-0.3, -0.25) is 9.48 Å². The molecule has 0 spiro atoms. The second-order valence-corrected chi connectivity index (χ2v) is 5.47. The molecule has 88 valence electrons. The quantitative estimate of drug-likeness (QED) is 0.821. The zero-order chi connectivity index (χ0) is 11.8. The van der Waals surface area contributed by atoms with Gasteiger partial charge in [-0.1, -0.05) is 0 Å². The molecular weight excluding hydrogens is 202 g/mol. The summed E-state index contributed by atoms with van der Waals surface area (Å²) in [6.45, 7) is 6.38. The van der Waals surface area contributed by atoms with E-state index < -0.39 is 0 Å². The highest BCUT2D eigenvalue weighted by Crippen LogP contribution is 2.16. The summed E-state index contributed by atoms with van der Waals surface area (Å²) in [4.78, 5) is 11.1. The Kier molecular flexibility index (Phi) is 2.74. The van der Waals surface area contributed by atoms with Crippen LogP contribution in [0.15, 0.2) is 12.4 Å². The second kappa shape index (κ2) is 3.92. The summed E-state index contributed by atoms with van der Waals surface area (Å²) < 4.78 is 1.97. The fourth-order valence-corrected chi connectivity index (χ4v) is 1.95. The summed E-state index contributed by atoms with van der Waals surface area (Å²) in [7, 11) is 0. The van der Waals surface area contributed by atoms with E-state index >= 15 is 0 Å². The topological polar surface area (TPSA) is 46.9 Å². The molecule has 1 aliphatic rings. The molecule has 16 heavy (non-hydrogen) atoms. The number of carbonyl (C=O) groups excluding carboxylic acids is 1. The molecule has 1 saturated heterocycles. The molecule has 0 saturated carbocycles. The van der Waals surface area contributed by atoms with Gasteiger partial charge in [0, 0.05) is 18.7 Å². The van der Waals surface area contributed by atoms with Crippen LogP contribution in [0.3, 0.4) is 0 Å². The van der Waals surface area contributed by atoms with Crippen molar-refractivity contribution in [3.05, 3.63) is 18.0 Å². The van der Waals surface area contributed by atoms with Gasteiger partial charge in [-0.15, -0.1) is 0 Å². The average molecular weight is 221 g/mol. The number of nitrogens with one attached hydrogen (secondary N) is 1. The predicted octanol–water partition coefficient (Wildman–Crippen LogP) is 1.46. The van der Waals surface area contributed by atoms with Crippen molar-refractivity contribution in [3.63, 3.8) is 0 Å². The summed E-state index contributed by atoms with van der Waals surface area (Å²) in [6, 6.07) is 0.296. The third kappa shape index (κ3) is 2.43. The Morgan fingerprint density at radius 3 is 2.81 bits per heavy atom. The van der Waals surface area contributed by atoms with E-state index in [0.717, 1.165) is 12.8 Å². The molecule has 0 aromatic carbocycles. The molecule has 4 heteroatoms. The van der Waals surface area contributed by atoms with Crippen molar-refractivity contribution in [2.24, 2.45) is 0 Å². The van der Waals surface area contributed by atoms with Gasteiger partial charge in [-0.05, 0) is 39.2 Å². The van der Waals surface area contributed by atoms with Gasteiger partial charge in [0.1, 0.15) is 0 Å². The molecule has 1 N–H and O–H groups in total. The number of carbonyl (C=O) groups is 1. The first-order valence-electron chi connectivity index (χ1n) is 5.78. The first-order valence-corrected chi connectivity index (χ1v) is 5.78. The highest BCUT2D eigenvalue weighted by Gasteiger charge is 2.22. The van der Waals surface area contributed by atoms with Gasteiger partial charge >= 0.3 is 0 Å². The van der Waals surface area contributed by atoms with Crippen LogP contribution in [0.1, 0.15) is 39.2 Å². The Morgan fingerprint density at radius 2 is 2.31 bits per heavy atom. The molecule has 4 nitrogen and oxygen atoms in total. The maximum absolute atomic E-state index is 11.1.